The van der Waals surface area contributed by atoms with E-state index in [1.54, 1.807) is 18.2 Å². The molecule has 2 aromatic carbocycles. The highest BCUT2D eigenvalue weighted by molar-refractivity contribution is 7.91. The van der Waals surface area contributed by atoms with Crippen LogP contribution >= 0.6 is 0 Å². The molecule has 3 nitrogen and oxygen atoms in total. The van der Waals surface area contributed by atoms with Crippen molar-refractivity contribution in [1.82, 2.24) is 0 Å². The lowest BCUT2D eigenvalue weighted by Crippen LogP contribution is -2.11. The van der Waals surface area contributed by atoms with Gasteiger partial charge in [-0.25, -0.2) is 12.8 Å². The number of ether oxygens (including phenoxy) is 1. The molecule has 0 aliphatic heterocycles. The number of benzene rings is 2. The average molecular weight is 408 g/mol. The predicted molar refractivity (Wildman–Crippen MR) is 100 cm³/mol. The van der Waals surface area contributed by atoms with E-state index in [4.69, 9.17) is 4.74 Å². The first kappa shape index (κ1) is 19.1. The van der Waals surface area contributed by atoms with Gasteiger partial charge in [0.2, 0.25) is 9.84 Å². The first-order chi connectivity index (χ1) is 13.3. The maximum Gasteiger partial charge on any atom is 0.341 e. The van der Waals surface area contributed by atoms with E-state index < -0.39 is 26.3 Å². The van der Waals surface area contributed by atoms with E-state index in [2.05, 4.69) is 0 Å². The number of halogens is 3. The van der Waals surface area contributed by atoms with Crippen LogP contribution in [-0.2, 0) is 9.84 Å². The molecule has 7 heteroatoms. The maximum atomic E-state index is 14.2. The Morgan fingerprint density at radius 2 is 1.54 bits per heavy atom. The van der Waals surface area contributed by atoms with E-state index in [-0.39, 0.29) is 11.2 Å². The van der Waals surface area contributed by atoms with Crippen molar-refractivity contribution in [3.63, 3.8) is 0 Å². The Morgan fingerprint density at radius 3 is 2.04 bits per heavy atom. The van der Waals surface area contributed by atoms with Crippen LogP contribution in [0.3, 0.4) is 0 Å². The summed E-state index contributed by atoms with van der Waals surface area (Å²) in [7, 11) is -3.21. The Hall–Kier alpha value is -2.28. The fourth-order valence-electron chi connectivity index (χ4n) is 3.91. The molecular weight excluding hydrogens is 389 g/mol. The van der Waals surface area contributed by atoms with Gasteiger partial charge in [0.25, 0.3) is 0 Å². The predicted octanol–water partition coefficient (Wildman–Crippen LogP) is 5.32. The van der Waals surface area contributed by atoms with E-state index in [0.717, 1.165) is 48.0 Å². The van der Waals surface area contributed by atoms with Gasteiger partial charge in [0.15, 0.2) is 11.6 Å². The van der Waals surface area contributed by atoms with Gasteiger partial charge < -0.3 is 4.74 Å². The van der Waals surface area contributed by atoms with E-state index >= 15 is 0 Å². The molecular formula is C21H19F3O3S. The zero-order chi connectivity index (χ0) is 20.1. The van der Waals surface area contributed by atoms with Crippen molar-refractivity contribution in [2.24, 2.45) is 5.41 Å². The van der Waals surface area contributed by atoms with Crippen molar-refractivity contribution in [2.45, 2.75) is 36.3 Å². The molecule has 148 valence electrons. The topological polar surface area (TPSA) is 43.4 Å². The van der Waals surface area contributed by atoms with E-state index in [0.29, 0.717) is 0 Å². The van der Waals surface area contributed by atoms with Crippen LogP contribution in [0.15, 0.2) is 47.4 Å². The summed E-state index contributed by atoms with van der Waals surface area (Å²) in [4.78, 5) is -0.400. The number of alkyl halides is 2. The maximum absolute atomic E-state index is 14.2. The first-order valence-corrected chi connectivity index (χ1v) is 10.5. The van der Waals surface area contributed by atoms with Crippen LogP contribution in [-0.4, -0.2) is 21.3 Å². The molecule has 0 atom stereocenters. The summed E-state index contributed by atoms with van der Waals surface area (Å²) < 4.78 is 68.0. The quantitative estimate of drug-likeness (QED) is 0.673. The summed E-state index contributed by atoms with van der Waals surface area (Å²) in [6, 6.07) is 10.4. The monoisotopic (exact) mass is 408 g/mol. The molecule has 0 bridgehead atoms. The van der Waals surface area contributed by atoms with Crippen molar-refractivity contribution in [3.05, 3.63) is 59.4 Å². The molecule has 2 aromatic rings. The second-order valence-electron chi connectivity index (χ2n) is 7.49. The summed E-state index contributed by atoms with van der Waals surface area (Å²) in [5, 5.41) is 0. The molecule has 0 heterocycles. The number of hydrogen-bond acceptors (Lipinski definition) is 3. The number of rotatable bonds is 5. The van der Waals surface area contributed by atoms with Crippen LogP contribution in [0, 0.1) is 11.2 Å². The zero-order valence-electron chi connectivity index (χ0n) is 15.2. The summed E-state index contributed by atoms with van der Waals surface area (Å²) in [5.41, 5.74) is 3.77. The fraction of sp³-hybridized carbons (Fsp3) is 0.333. The van der Waals surface area contributed by atoms with E-state index in [1.165, 1.54) is 25.3 Å². The minimum absolute atomic E-state index is 0.173. The van der Waals surface area contributed by atoms with Gasteiger partial charge >= 0.3 is 5.76 Å². The normalized spacial score (nSPS) is 18.2. The summed E-state index contributed by atoms with van der Waals surface area (Å²) in [6.45, 7) is 0. The van der Waals surface area contributed by atoms with Gasteiger partial charge in [-0.1, -0.05) is 18.2 Å². The van der Waals surface area contributed by atoms with Gasteiger partial charge in [-0.2, -0.15) is 8.78 Å². The summed E-state index contributed by atoms with van der Waals surface area (Å²) in [6.07, 6.45) is 3.83. The molecule has 1 saturated carbocycles. The van der Waals surface area contributed by atoms with E-state index in [9.17, 15) is 21.6 Å². The molecule has 2 aliphatic carbocycles. The van der Waals surface area contributed by atoms with Crippen LogP contribution in [0.1, 0.15) is 36.8 Å². The lowest BCUT2D eigenvalue weighted by atomic mass is 9.97. The van der Waals surface area contributed by atoms with Crippen LogP contribution < -0.4 is 4.74 Å². The second kappa shape index (κ2) is 6.65. The Balaban J connectivity index is 1.75. The third-order valence-electron chi connectivity index (χ3n) is 5.69. The van der Waals surface area contributed by atoms with E-state index in [1.807, 2.05) is 6.07 Å². The van der Waals surface area contributed by atoms with Crippen LogP contribution in [0.4, 0.5) is 13.2 Å². The molecule has 1 fully saturated rings. The fourth-order valence-corrected chi connectivity index (χ4v) is 4.63. The number of allylic oxidation sites excluding steroid dienone is 2. The minimum atomic E-state index is -4.62. The molecule has 0 aromatic heterocycles. The lowest BCUT2D eigenvalue weighted by Gasteiger charge is -2.11. The Kier molecular flexibility index (Phi) is 4.53. The standard InChI is InChI=1S/C21H19F3O3S/c1-27-19-7-4-14(10-18(19)22)17-12-21(8-9-21)11-16(17)13-2-5-15(6-3-13)28(25,26)20(23)24/h2-7,10,20H,8-9,11-12H2,1H3. The van der Waals surface area contributed by atoms with Crippen molar-refractivity contribution in [3.8, 4) is 5.75 Å². The van der Waals surface area contributed by atoms with Gasteiger partial charge in [-0.15, -0.1) is 0 Å². The van der Waals surface area contributed by atoms with Crippen LogP contribution in [0.5, 0.6) is 5.75 Å². The SMILES string of the molecule is COc1ccc(C2=C(c3ccc(S(=O)(=O)C(F)F)cc3)CC3(CC3)C2)cc1F. The third-order valence-corrected chi connectivity index (χ3v) is 7.09. The largest absolute Gasteiger partial charge is 0.494 e. The zero-order valence-corrected chi connectivity index (χ0v) is 16.0. The van der Waals surface area contributed by atoms with Crippen molar-refractivity contribution >= 4 is 21.0 Å². The second-order valence-corrected chi connectivity index (χ2v) is 9.41. The average Bonchev–Trinajstić information content (AvgIpc) is 3.32. The summed E-state index contributed by atoms with van der Waals surface area (Å²) >= 11 is 0. The highest BCUT2D eigenvalue weighted by atomic mass is 32.2. The van der Waals surface area contributed by atoms with Gasteiger partial charge in [0, 0.05) is 0 Å². The van der Waals surface area contributed by atoms with Gasteiger partial charge in [0.1, 0.15) is 0 Å². The van der Waals surface area contributed by atoms with Gasteiger partial charge in [-0.05, 0) is 77.6 Å². The lowest BCUT2D eigenvalue weighted by molar-refractivity contribution is 0.234. The molecule has 0 N–H and O–H groups in total. The molecule has 0 unspecified atom stereocenters. The van der Waals surface area contributed by atoms with Crippen molar-refractivity contribution in [1.29, 1.82) is 0 Å². The Bertz CT molecular complexity index is 1050. The van der Waals surface area contributed by atoms with Gasteiger partial charge in [-0.3, -0.25) is 0 Å². The van der Waals surface area contributed by atoms with Crippen molar-refractivity contribution in [2.75, 3.05) is 7.11 Å². The summed E-state index contributed by atoms with van der Waals surface area (Å²) in [5.74, 6) is -3.72. The highest BCUT2D eigenvalue weighted by Gasteiger charge is 2.48. The molecule has 0 saturated heterocycles. The van der Waals surface area contributed by atoms with Crippen LogP contribution in [0.25, 0.3) is 11.1 Å². The molecule has 0 radical (unpaired) electrons. The molecule has 0 amide bonds. The first-order valence-electron chi connectivity index (χ1n) is 8.94. The number of hydrogen-bond donors (Lipinski definition) is 0. The number of sulfone groups is 1. The molecule has 4 rings (SSSR count). The Morgan fingerprint density at radius 1 is 0.964 bits per heavy atom. The van der Waals surface area contributed by atoms with Crippen molar-refractivity contribution < 1.29 is 26.3 Å². The Labute approximate surface area is 161 Å². The number of methoxy groups -OCH3 is 1. The minimum Gasteiger partial charge on any atom is -0.494 e. The van der Waals surface area contributed by atoms with Gasteiger partial charge in [0.05, 0.1) is 12.0 Å². The highest BCUT2D eigenvalue weighted by Crippen LogP contribution is 2.63. The molecule has 28 heavy (non-hydrogen) atoms. The molecule has 1 spiro atoms. The smallest absolute Gasteiger partial charge is 0.341 e. The molecule has 2 aliphatic rings. The third kappa shape index (κ3) is 3.21. The van der Waals surface area contributed by atoms with Crippen LogP contribution in [0.2, 0.25) is 0 Å².